The Labute approximate surface area is 381 Å². The van der Waals surface area contributed by atoms with Crippen LogP contribution in [-0.2, 0) is 40.5 Å². The van der Waals surface area contributed by atoms with E-state index in [4.69, 9.17) is 9.47 Å². The van der Waals surface area contributed by atoms with Gasteiger partial charge in [0, 0.05) is 33.7 Å². The van der Waals surface area contributed by atoms with Crippen LogP contribution in [0.15, 0.2) is 125 Å². The van der Waals surface area contributed by atoms with E-state index in [9.17, 15) is 56.7 Å². The van der Waals surface area contributed by atoms with Crippen molar-refractivity contribution >= 4 is 102 Å². The molecular weight excluding hydrogens is 920 g/mol. The Morgan fingerprint density at radius 3 is 1.29 bits per heavy atom. The number of nitrogens with zero attached hydrogens (tertiary/aromatic N) is 4. The molecule has 0 saturated heterocycles. The van der Waals surface area contributed by atoms with E-state index in [1.54, 1.807) is 13.8 Å². The fraction of sp³-hybridized carbons (Fsp3) is 0.108. The van der Waals surface area contributed by atoms with Crippen molar-refractivity contribution < 1.29 is 95.7 Å². The molecule has 6 rings (SSSR count). The minimum atomic E-state index is -5.15. The number of aryl methyl sites for hydroxylation is 2. The number of urea groups is 1. The van der Waals surface area contributed by atoms with Gasteiger partial charge in [-0.25, -0.2) is 13.2 Å². The largest absolute Gasteiger partial charge is 1.00 e. The van der Waals surface area contributed by atoms with Crippen molar-refractivity contribution in [1.82, 2.24) is 0 Å². The Kier molecular flexibility index (Phi) is 14.1. The zero-order valence-corrected chi connectivity index (χ0v) is 38.5. The molecule has 0 aromatic heterocycles. The van der Waals surface area contributed by atoms with Crippen LogP contribution in [-0.4, -0.2) is 72.1 Å². The van der Waals surface area contributed by atoms with E-state index in [1.807, 2.05) is 0 Å². The van der Waals surface area contributed by atoms with Crippen LogP contribution in [0.1, 0.15) is 11.1 Å². The number of anilines is 2. The summed E-state index contributed by atoms with van der Waals surface area (Å²) in [5, 5.41) is 20.6. The number of fused-ring (bicyclic) bond motifs is 2. The standard InChI is InChI=1S/C37H32N6O15S4.Na/c1-19-11-29(31(57-3)17-27(19)42-40-21-13-25-23(35(15-21)61(51,52)53)7-5-9-33(25)59(45,46)47)38-37(44)39-30-12-20(2)28(18-32(30)58-4)43-41-22-14-26-24(36(16-22)62(54,55)56)8-6-10-34(26)60(48,49)50;/h5-18H,1-4H3,(H2,38,39,44)(H,45,46,47)(H,48,49,50)(H,51,52,53)(H,54,55,56);/q;+1/p-1. The maximum absolute atomic E-state index is 13.3. The first kappa shape index (κ1) is 48.6. The van der Waals surface area contributed by atoms with Gasteiger partial charge in [-0.3, -0.25) is 13.7 Å². The Hall–Kier alpha value is -5.45. The van der Waals surface area contributed by atoms with Crippen LogP contribution in [0, 0.1) is 13.8 Å². The van der Waals surface area contributed by atoms with E-state index in [-0.39, 0.29) is 96.7 Å². The number of benzene rings is 6. The zero-order valence-electron chi connectivity index (χ0n) is 33.2. The molecule has 0 aliphatic carbocycles. The molecule has 63 heavy (non-hydrogen) atoms. The molecule has 21 nitrogen and oxygen atoms in total. The van der Waals surface area contributed by atoms with Gasteiger partial charge in [0.2, 0.25) is 0 Å². The average molecular weight is 951 g/mol. The van der Waals surface area contributed by atoms with Crippen LogP contribution in [0.4, 0.5) is 38.9 Å². The molecule has 0 bridgehead atoms. The number of amides is 2. The Morgan fingerprint density at radius 1 is 0.540 bits per heavy atom. The van der Waals surface area contributed by atoms with Crippen molar-refractivity contribution in [3.8, 4) is 11.5 Å². The molecule has 6 aromatic carbocycles. The quantitative estimate of drug-likeness (QED) is 0.0628. The number of carbonyl (C=O) groups is 1. The van der Waals surface area contributed by atoms with Crippen molar-refractivity contribution in [3.63, 3.8) is 0 Å². The predicted molar refractivity (Wildman–Crippen MR) is 222 cm³/mol. The molecule has 0 radical (unpaired) electrons. The Balaban J connectivity index is 0.00000748. The second kappa shape index (κ2) is 18.3. The summed E-state index contributed by atoms with van der Waals surface area (Å²) in [6, 6.07) is 15.9. The van der Waals surface area contributed by atoms with Gasteiger partial charge in [-0.2, -0.15) is 45.7 Å². The maximum atomic E-state index is 13.3. The fourth-order valence-corrected chi connectivity index (χ4v) is 9.04. The van der Waals surface area contributed by atoms with Gasteiger partial charge in [-0.05, 0) is 73.5 Å². The number of methoxy groups -OCH3 is 2. The second-order valence-electron chi connectivity index (χ2n) is 13.1. The number of carbonyl (C=O) groups excluding carboxylic acids is 1. The van der Waals surface area contributed by atoms with Crippen LogP contribution < -0.4 is 49.7 Å². The second-order valence-corrected chi connectivity index (χ2v) is 18.6. The number of ether oxygens (including phenoxy) is 2. The molecule has 0 spiro atoms. The number of nitrogens with one attached hydrogen (secondary N) is 2. The monoisotopic (exact) mass is 950 g/mol. The van der Waals surface area contributed by atoms with Gasteiger partial charge in [0.25, 0.3) is 30.4 Å². The van der Waals surface area contributed by atoms with Crippen molar-refractivity contribution in [2.75, 3.05) is 24.9 Å². The van der Waals surface area contributed by atoms with Crippen LogP contribution in [0.25, 0.3) is 21.5 Å². The minimum Gasteiger partial charge on any atom is -0.744 e. The van der Waals surface area contributed by atoms with Gasteiger partial charge >= 0.3 is 35.6 Å². The number of rotatable bonds is 12. The third-order valence-electron chi connectivity index (χ3n) is 8.99. The predicted octanol–water partition coefficient (Wildman–Crippen LogP) is 4.75. The molecule has 0 heterocycles. The van der Waals surface area contributed by atoms with Crippen LogP contribution in [0.2, 0.25) is 0 Å². The van der Waals surface area contributed by atoms with Crippen LogP contribution in [0.5, 0.6) is 11.5 Å². The summed E-state index contributed by atoms with van der Waals surface area (Å²) < 4.78 is 149. The van der Waals surface area contributed by atoms with Gasteiger partial charge < -0.3 is 24.7 Å². The smallest absolute Gasteiger partial charge is 0.744 e. The van der Waals surface area contributed by atoms with Crippen molar-refractivity contribution in [2.45, 2.75) is 33.4 Å². The molecule has 2 amide bonds. The van der Waals surface area contributed by atoms with Gasteiger partial charge in [0.05, 0.1) is 53.2 Å². The molecule has 5 N–H and O–H groups in total. The maximum Gasteiger partial charge on any atom is 1.00 e. The Bertz CT molecular complexity index is 3160. The van der Waals surface area contributed by atoms with Crippen LogP contribution >= 0.6 is 0 Å². The molecule has 0 unspecified atom stereocenters. The van der Waals surface area contributed by atoms with Crippen molar-refractivity contribution in [2.24, 2.45) is 20.5 Å². The molecule has 0 aliphatic rings. The third kappa shape index (κ3) is 10.8. The first-order valence-corrected chi connectivity index (χ1v) is 22.9. The average Bonchev–Trinajstić information content (AvgIpc) is 3.17. The van der Waals surface area contributed by atoms with E-state index >= 15 is 0 Å². The summed E-state index contributed by atoms with van der Waals surface area (Å²) >= 11 is 0. The molecule has 324 valence electrons. The summed E-state index contributed by atoms with van der Waals surface area (Å²) in [5.74, 6) is 0.179. The van der Waals surface area contributed by atoms with E-state index in [0.29, 0.717) is 11.1 Å². The molecule has 26 heteroatoms. The normalized spacial score (nSPS) is 12.4. The first-order chi connectivity index (χ1) is 28.9. The van der Waals surface area contributed by atoms with Crippen molar-refractivity contribution in [3.05, 3.63) is 96.1 Å². The SMILES string of the molecule is COc1cc(N=Nc2cc(S(=O)(=O)[O-])c3cccc(S(=O)(=O)O)c3c2)c(C)cc1NC(=O)Nc1cc(C)c(N=Nc2cc(S(=O)(=O)O)c3cccc(S(=O)(=O)O)c3c2)cc1OC.[Na+]. The van der Waals surface area contributed by atoms with Crippen molar-refractivity contribution in [1.29, 1.82) is 0 Å². The summed E-state index contributed by atoms with van der Waals surface area (Å²) in [4.78, 5) is 10.5. The van der Waals surface area contributed by atoms with E-state index in [2.05, 4.69) is 31.1 Å². The van der Waals surface area contributed by atoms with Crippen LogP contribution in [0.3, 0.4) is 0 Å². The fourth-order valence-electron chi connectivity index (χ4n) is 6.21. The minimum absolute atomic E-state index is 0. The summed E-state index contributed by atoms with van der Waals surface area (Å²) in [6.07, 6.45) is 0. The molecule has 0 saturated carbocycles. The van der Waals surface area contributed by atoms with Gasteiger partial charge in [-0.1, -0.05) is 24.3 Å². The zero-order chi connectivity index (χ0) is 45.5. The number of hydrogen-bond acceptors (Lipinski definition) is 16. The topological polar surface area (TPSA) is 329 Å². The number of azo groups is 2. The molecule has 0 aliphatic heterocycles. The van der Waals surface area contributed by atoms with E-state index in [0.717, 1.165) is 42.5 Å². The van der Waals surface area contributed by atoms with Gasteiger partial charge in [0.15, 0.2) is 0 Å². The van der Waals surface area contributed by atoms with Gasteiger partial charge in [0.1, 0.15) is 36.3 Å². The summed E-state index contributed by atoms with van der Waals surface area (Å²) in [7, 11) is -17.1. The Morgan fingerprint density at radius 2 is 0.921 bits per heavy atom. The first-order valence-electron chi connectivity index (χ1n) is 17.2. The van der Waals surface area contributed by atoms with E-state index in [1.165, 1.54) is 56.7 Å². The van der Waals surface area contributed by atoms with E-state index < -0.39 is 66.1 Å². The molecule has 6 aromatic rings. The molecule has 0 fully saturated rings. The third-order valence-corrected chi connectivity index (χ3v) is 12.6. The molecule has 0 atom stereocenters. The van der Waals surface area contributed by atoms with Gasteiger partial charge in [-0.15, -0.1) is 0 Å². The summed E-state index contributed by atoms with van der Waals surface area (Å²) in [5.41, 5.74) is 1.02. The summed E-state index contributed by atoms with van der Waals surface area (Å²) in [6.45, 7) is 3.19. The number of hydrogen-bond donors (Lipinski definition) is 5. The molecular formula is C37H31N6NaO15S4.